The van der Waals surface area contributed by atoms with Gasteiger partial charge in [0.25, 0.3) is 0 Å². The van der Waals surface area contributed by atoms with Gasteiger partial charge in [0, 0.05) is 49.5 Å². The van der Waals surface area contributed by atoms with Crippen LogP contribution in [0, 0.1) is 28.9 Å². The number of hydrogen-bond donors (Lipinski definition) is 1. The number of amides is 1. The Morgan fingerprint density at radius 2 is 1.96 bits per heavy atom. The molecule has 4 aliphatic rings. The molecule has 3 aliphatic heterocycles. The first-order valence-corrected chi connectivity index (χ1v) is 19.3. The van der Waals surface area contributed by atoms with Gasteiger partial charge in [-0.2, -0.15) is 28.4 Å². The molecule has 4 aromatic rings. The van der Waals surface area contributed by atoms with Crippen molar-refractivity contribution in [3.63, 3.8) is 0 Å². The number of ether oxygens (including phenoxy) is 2. The van der Waals surface area contributed by atoms with Gasteiger partial charge < -0.3 is 25.0 Å². The molecule has 1 aliphatic carbocycles. The summed E-state index contributed by atoms with van der Waals surface area (Å²) in [5.74, 6) is -3.54. The number of hydrogen-bond acceptors (Lipinski definition) is 10. The first kappa shape index (κ1) is 38.4. The van der Waals surface area contributed by atoms with Crippen molar-refractivity contribution in [2.75, 3.05) is 57.1 Å². The zero-order valence-electron chi connectivity index (χ0n) is 30.4. The van der Waals surface area contributed by atoms with Crippen molar-refractivity contribution in [2.24, 2.45) is 5.92 Å². The van der Waals surface area contributed by atoms with Crippen molar-refractivity contribution < 1.29 is 45.0 Å². The molecule has 0 radical (unpaired) electrons. The second kappa shape index (κ2) is 14.2. The van der Waals surface area contributed by atoms with E-state index >= 15 is 22.0 Å². The van der Waals surface area contributed by atoms with Crippen molar-refractivity contribution in [1.82, 2.24) is 19.8 Å². The van der Waals surface area contributed by atoms with E-state index in [1.165, 1.54) is 12.0 Å². The Morgan fingerprint density at radius 3 is 2.64 bits per heavy atom. The number of carbonyl (C=O) groups is 1. The van der Waals surface area contributed by atoms with Crippen molar-refractivity contribution in [3.8, 4) is 23.2 Å². The smallest absolute Gasteiger partial charge is 0.417 e. The van der Waals surface area contributed by atoms with E-state index in [2.05, 4.69) is 9.97 Å². The molecule has 6 atom stereocenters. The molecule has 298 valence electrons. The van der Waals surface area contributed by atoms with Gasteiger partial charge in [-0.05, 0) is 56.8 Å². The number of rotatable bonds is 10. The van der Waals surface area contributed by atoms with Crippen LogP contribution in [-0.4, -0.2) is 102 Å². The maximum absolute atomic E-state index is 17.4. The molecule has 1 unspecified atom stereocenters. The van der Waals surface area contributed by atoms with Crippen molar-refractivity contribution in [3.05, 3.63) is 41.0 Å². The molecule has 4 fully saturated rings. The number of thiophene rings is 1. The van der Waals surface area contributed by atoms with Gasteiger partial charge in [-0.3, -0.25) is 9.69 Å². The minimum absolute atomic E-state index is 0.0642. The number of carbonyl (C=O) groups excluding carboxylic acids is 1. The van der Waals surface area contributed by atoms with E-state index in [1.54, 1.807) is 11.8 Å². The summed E-state index contributed by atoms with van der Waals surface area (Å²) in [7, 11) is 1.46. The number of benzene rings is 2. The average molecular weight is 806 g/mol. The lowest BCUT2D eigenvalue weighted by Crippen LogP contribution is -2.43. The minimum atomic E-state index is -5.17. The molecule has 0 bridgehead atoms. The van der Waals surface area contributed by atoms with Crippen LogP contribution in [0.25, 0.3) is 32.1 Å². The number of methoxy groups -OCH3 is 1. The molecular weight excluding hydrogens is 768 g/mol. The number of aromatic nitrogens is 2. The Hall–Kier alpha value is -4.47. The predicted octanol–water partition coefficient (Wildman–Crippen LogP) is 7.02. The summed E-state index contributed by atoms with van der Waals surface area (Å²) in [4.78, 5) is 27.5. The molecule has 2 N–H and O–H groups in total. The Morgan fingerprint density at radius 1 is 1.20 bits per heavy atom. The van der Waals surface area contributed by atoms with E-state index in [1.807, 2.05) is 11.0 Å². The van der Waals surface area contributed by atoms with E-state index < -0.39 is 75.9 Å². The molecule has 2 aromatic heterocycles. The van der Waals surface area contributed by atoms with Crippen LogP contribution >= 0.6 is 11.3 Å². The Balaban J connectivity index is 1.31. The third-order valence-corrected chi connectivity index (χ3v) is 12.8. The summed E-state index contributed by atoms with van der Waals surface area (Å²) >= 11 is 0.660. The third kappa shape index (κ3) is 6.35. The topological polar surface area (TPSA) is 121 Å². The number of alkyl halides is 5. The van der Waals surface area contributed by atoms with Crippen LogP contribution in [0.2, 0.25) is 0 Å². The van der Waals surface area contributed by atoms with Crippen LogP contribution in [0.15, 0.2) is 18.2 Å². The van der Waals surface area contributed by atoms with Gasteiger partial charge in [0.05, 0.1) is 46.0 Å². The minimum Gasteiger partial charge on any atom is -0.461 e. The highest BCUT2D eigenvalue weighted by Gasteiger charge is 2.51. The Kier molecular flexibility index (Phi) is 9.72. The summed E-state index contributed by atoms with van der Waals surface area (Å²) in [6.07, 6.45) is -5.50. The van der Waals surface area contributed by atoms with Crippen molar-refractivity contribution in [1.29, 1.82) is 5.26 Å². The highest BCUT2D eigenvalue weighted by molar-refractivity contribution is 7.23. The number of nitrogens with two attached hydrogens (primary N) is 1. The Bertz CT molecular complexity index is 2270. The quantitative estimate of drug-likeness (QED) is 0.169. The standard InChI is InChI=1S/C38H38F7N7O3S/c1-3-51(19-9-20(16-54-2)52(15-19)35(53)22-11-27(22)41)34-23-10-25(38(43,44)45)29(21-5-6-26(40)32-28(21)24(13-46)33(47)56-32)30(42)31(23)48-36(49-34)55-17-37-7-4-8-50(37)14-18(39)12-37/h5-6,10,18-20,22,27H,3-4,7-9,11-12,14-17,47H2,1-2H3/t18-,19+,20-,22?,27-,37+/m1/s1. The molecule has 56 heavy (non-hydrogen) atoms. The van der Waals surface area contributed by atoms with Gasteiger partial charge in [-0.25, -0.2) is 17.6 Å². The number of nitrogens with zero attached hydrogens (tertiary/aromatic N) is 6. The number of likely N-dealkylation sites (tertiary alicyclic amines) is 1. The number of nitrogen functional groups attached to an aromatic ring is 1. The fraction of sp³-hybridized carbons (Fsp3) is 0.526. The predicted molar refractivity (Wildman–Crippen MR) is 195 cm³/mol. The number of nitriles is 1. The summed E-state index contributed by atoms with van der Waals surface area (Å²) in [6, 6.07) is 3.01. The molecule has 8 rings (SSSR count). The number of fused-ring (bicyclic) bond motifs is 3. The first-order valence-electron chi connectivity index (χ1n) is 18.4. The monoisotopic (exact) mass is 805 g/mol. The molecule has 5 heterocycles. The molecule has 3 saturated heterocycles. The molecule has 2 aromatic carbocycles. The molecule has 10 nitrogen and oxygen atoms in total. The van der Waals surface area contributed by atoms with E-state index in [-0.39, 0.29) is 95.9 Å². The molecular formula is C38H38F7N7O3S. The van der Waals surface area contributed by atoms with Gasteiger partial charge in [-0.15, -0.1) is 11.3 Å². The number of anilines is 2. The van der Waals surface area contributed by atoms with E-state index in [0.29, 0.717) is 24.3 Å². The number of halogens is 7. The fourth-order valence-corrected chi connectivity index (χ4v) is 10.0. The van der Waals surface area contributed by atoms with E-state index in [4.69, 9.17) is 15.2 Å². The zero-order chi connectivity index (χ0) is 39.8. The first-order chi connectivity index (χ1) is 26.7. The molecule has 18 heteroatoms. The average Bonchev–Trinajstić information content (AvgIpc) is 3.44. The van der Waals surface area contributed by atoms with Gasteiger partial charge in [0.15, 0.2) is 5.82 Å². The van der Waals surface area contributed by atoms with Crippen LogP contribution in [0.3, 0.4) is 0 Å². The normalized spacial score (nSPS) is 26.3. The van der Waals surface area contributed by atoms with Crippen LogP contribution in [0.1, 0.15) is 50.2 Å². The van der Waals surface area contributed by atoms with Crippen LogP contribution in [0.4, 0.5) is 41.6 Å². The maximum atomic E-state index is 17.4. The highest BCUT2D eigenvalue weighted by atomic mass is 32.1. The van der Waals surface area contributed by atoms with Gasteiger partial charge >= 0.3 is 12.2 Å². The van der Waals surface area contributed by atoms with Crippen LogP contribution in [0.5, 0.6) is 6.01 Å². The second-order valence-electron chi connectivity index (χ2n) is 15.1. The second-order valence-corrected chi connectivity index (χ2v) is 16.1. The van der Waals surface area contributed by atoms with Crippen LogP contribution < -0.4 is 15.4 Å². The van der Waals surface area contributed by atoms with E-state index in [0.717, 1.165) is 24.6 Å². The molecule has 0 spiro atoms. The largest absolute Gasteiger partial charge is 0.461 e. The zero-order valence-corrected chi connectivity index (χ0v) is 31.3. The van der Waals surface area contributed by atoms with Gasteiger partial charge in [0.2, 0.25) is 5.91 Å². The van der Waals surface area contributed by atoms with E-state index in [9.17, 15) is 18.8 Å². The lowest BCUT2D eigenvalue weighted by molar-refractivity contribution is -0.137. The summed E-state index contributed by atoms with van der Waals surface area (Å²) in [5.41, 5.74) is 1.67. The molecule has 1 saturated carbocycles. The highest BCUT2D eigenvalue weighted by Crippen LogP contribution is 2.49. The van der Waals surface area contributed by atoms with Crippen molar-refractivity contribution in [2.45, 2.75) is 75.2 Å². The Labute approximate surface area is 320 Å². The summed E-state index contributed by atoms with van der Waals surface area (Å²) in [6.45, 7) is 2.87. The fourth-order valence-electron chi connectivity index (χ4n) is 9.07. The van der Waals surface area contributed by atoms with Crippen molar-refractivity contribution >= 4 is 49.1 Å². The van der Waals surface area contributed by atoms with Crippen LogP contribution in [-0.2, 0) is 15.7 Å². The summed E-state index contributed by atoms with van der Waals surface area (Å²) in [5, 5.41) is 9.16. The van der Waals surface area contributed by atoms with Gasteiger partial charge in [0.1, 0.15) is 47.2 Å². The van der Waals surface area contributed by atoms with Gasteiger partial charge in [-0.1, -0.05) is 6.07 Å². The lowest BCUT2D eigenvalue weighted by atomic mass is 9.92. The maximum Gasteiger partial charge on any atom is 0.417 e. The SMILES string of the molecule is CCN(c1nc(OC[C@@]23CCCN2C[C@H](F)C3)nc2c(F)c(-c3ccc(F)c4sc(N)c(C#N)c34)c(C(F)(F)F)cc12)[C@H]1C[C@H](COC)N(C(=O)C2C[C@H]2F)C1. The number of likely N-dealkylation sites (N-methyl/N-ethyl adjacent to an activating group) is 1. The summed E-state index contributed by atoms with van der Waals surface area (Å²) < 4.78 is 118. The lowest BCUT2D eigenvalue weighted by Gasteiger charge is -2.32. The molecule has 1 amide bonds. The third-order valence-electron chi connectivity index (χ3n) is 11.7.